The molecule has 0 radical (unpaired) electrons. The predicted octanol–water partition coefficient (Wildman–Crippen LogP) is -0.128. The Labute approximate surface area is 121 Å². The SMILES string of the molecule is CN(C)S(=O)(=O)CCNC(=O)c1cc(F)c(NN)c(F)c1. The van der Waals surface area contributed by atoms with Crippen LogP contribution in [0.2, 0.25) is 0 Å². The number of hydrazine groups is 1. The van der Waals surface area contributed by atoms with Gasteiger partial charge in [0, 0.05) is 26.2 Å². The molecule has 1 amide bonds. The van der Waals surface area contributed by atoms with E-state index in [1.165, 1.54) is 14.1 Å². The summed E-state index contributed by atoms with van der Waals surface area (Å²) in [6, 6.07) is 1.60. The van der Waals surface area contributed by atoms with Crippen molar-refractivity contribution in [2.24, 2.45) is 5.84 Å². The molecule has 0 aliphatic carbocycles. The molecule has 0 aliphatic rings. The van der Waals surface area contributed by atoms with Gasteiger partial charge in [-0.3, -0.25) is 10.6 Å². The highest BCUT2D eigenvalue weighted by atomic mass is 32.2. The maximum Gasteiger partial charge on any atom is 0.251 e. The van der Waals surface area contributed by atoms with Crippen molar-refractivity contribution in [2.45, 2.75) is 0 Å². The number of rotatable bonds is 6. The average Bonchev–Trinajstić information content (AvgIpc) is 2.37. The zero-order chi connectivity index (χ0) is 16.2. The summed E-state index contributed by atoms with van der Waals surface area (Å²) in [5, 5.41) is 2.27. The maximum absolute atomic E-state index is 13.4. The molecule has 0 aromatic heterocycles. The summed E-state index contributed by atoms with van der Waals surface area (Å²) in [5.74, 6) is 1.78. The third kappa shape index (κ3) is 4.34. The summed E-state index contributed by atoms with van der Waals surface area (Å²) in [7, 11) is -0.736. The van der Waals surface area contributed by atoms with Crippen molar-refractivity contribution in [3.63, 3.8) is 0 Å². The van der Waals surface area contributed by atoms with Crippen LogP contribution >= 0.6 is 0 Å². The highest BCUT2D eigenvalue weighted by molar-refractivity contribution is 7.89. The molecule has 10 heteroatoms. The quantitative estimate of drug-likeness (QED) is 0.500. The van der Waals surface area contributed by atoms with Crippen LogP contribution in [-0.2, 0) is 10.0 Å². The lowest BCUT2D eigenvalue weighted by molar-refractivity contribution is 0.0955. The lowest BCUT2D eigenvalue weighted by Crippen LogP contribution is -2.34. The Morgan fingerprint density at radius 3 is 2.24 bits per heavy atom. The Morgan fingerprint density at radius 1 is 1.29 bits per heavy atom. The van der Waals surface area contributed by atoms with Crippen molar-refractivity contribution < 1.29 is 22.0 Å². The number of nitrogens with one attached hydrogen (secondary N) is 2. The first-order valence-electron chi connectivity index (χ1n) is 5.83. The van der Waals surface area contributed by atoms with Crippen LogP contribution in [0.3, 0.4) is 0 Å². The average molecular weight is 322 g/mol. The Bertz CT molecular complexity index is 611. The normalized spacial score (nSPS) is 11.5. The van der Waals surface area contributed by atoms with Crippen molar-refractivity contribution >= 4 is 21.6 Å². The van der Waals surface area contributed by atoms with E-state index in [1.807, 2.05) is 5.43 Å². The molecule has 0 saturated carbocycles. The van der Waals surface area contributed by atoms with E-state index >= 15 is 0 Å². The smallest absolute Gasteiger partial charge is 0.251 e. The van der Waals surface area contributed by atoms with Crippen LogP contribution < -0.4 is 16.6 Å². The Morgan fingerprint density at radius 2 is 1.81 bits per heavy atom. The Hall–Kier alpha value is -1.78. The number of anilines is 1. The van der Waals surface area contributed by atoms with Gasteiger partial charge in [0.05, 0.1) is 5.75 Å². The van der Waals surface area contributed by atoms with E-state index < -0.39 is 33.3 Å². The van der Waals surface area contributed by atoms with Crippen molar-refractivity contribution in [2.75, 3.05) is 31.8 Å². The van der Waals surface area contributed by atoms with Gasteiger partial charge in [-0.2, -0.15) is 0 Å². The molecule has 0 saturated heterocycles. The summed E-state index contributed by atoms with van der Waals surface area (Å²) >= 11 is 0. The fourth-order valence-electron chi connectivity index (χ4n) is 1.42. The van der Waals surface area contributed by atoms with Gasteiger partial charge in [-0.1, -0.05) is 0 Å². The minimum atomic E-state index is -3.46. The lowest BCUT2D eigenvalue weighted by atomic mass is 10.1. The summed E-state index contributed by atoms with van der Waals surface area (Å²) < 4.78 is 50.8. The number of nitrogens with two attached hydrogens (primary N) is 1. The zero-order valence-corrected chi connectivity index (χ0v) is 12.3. The molecule has 1 aromatic carbocycles. The number of carbonyl (C=O) groups is 1. The summed E-state index contributed by atoms with van der Waals surface area (Å²) in [6.45, 7) is -0.181. The number of benzene rings is 1. The third-order valence-electron chi connectivity index (χ3n) is 2.65. The number of halogens is 2. The van der Waals surface area contributed by atoms with E-state index in [1.54, 1.807) is 0 Å². The molecule has 0 unspecified atom stereocenters. The van der Waals surface area contributed by atoms with Gasteiger partial charge in [-0.15, -0.1) is 0 Å². The molecule has 0 fully saturated rings. The van der Waals surface area contributed by atoms with Gasteiger partial charge >= 0.3 is 0 Å². The predicted molar refractivity (Wildman–Crippen MR) is 74.0 cm³/mol. The van der Waals surface area contributed by atoms with Gasteiger partial charge in [0.15, 0.2) is 11.6 Å². The summed E-state index contributed by atoms with van der Waals surface area (Å²) in [6.07, 6.45) is 0. The van der Waals surface area contributed by atoms with Gasteiger partial charge in [0.25, 0.3) is 5.91 Å². The second-order valence-corrected chi connectivity index (χ2v) is 6.62. The monoisotopic (exact) mass is 322 g/mol. The molecule has 4 N–H and O–H groups in total. The number of hydrogen-bond acceptors (Lipinski definition) is 5. The molecule has 0 spiro atoms. The number of nitrogen functional groups attached to an aromatic ring is 1. The van der Waals surface area contributed by atoms with Gasteiger partial charge in [0.1, 0.15) is 5.69 Å². The Balaban J connectivity index is 2.74. The molecule has 0 atom stereocenters. The topological polar surface area (TPSA) is 105 Å². The first-order chi connectivity index (χ1) is 9.69. The van der Waals surface area contributed by atoms with E-state index in [0.29, 0.717) is 0 Å². The van der Waals surface area contributed by atoms with Crippen LogP contribution in [0.15, 0.2) is 12.1 Å². The molecule has 118 valence electrons. The number of carbonyl (C=O) groups excluding carboxylic acids is 1. The number of sulfonamides is 1. The fraction of sp³-hybridized carbons (Fsp3) is 0.364. The molecule has 0 bridgehead atoms. The van der Waals surface area contributed by atoms with Crippen molar-refractivity contribution in [3.05, 3.63) is 29.3 Å². The molecule has 0 heterocycles. The molecule has 1 aromatic rings. The minimum absolute atomic E-state index is 0.181. The third-order valence-corrected chi connectivity index (χ3v) is 4.48. The van der Waals surface area contributed by atoms with Gasteiger partial charge in [-0.25, -0.2) is 21.5 Å². The molecular formula is C11H16F2N4O3S. The van der Waals surface area contributed by atoms with E-state index in [9.17, 15) is 22.0 Å². The molecule has 0 aliphatic heterocycles. The Kier molecular flexibility index (Phi) is 5.58. The molecule has 7 nitrogen and oxygen atoms in total. The molecule has 1 rings (SSSR count). The highest BCUT2D eigenvalue weighted by Gasteiger charge is 2.16. The maximum atomic E-state index is 13.4. The van der Waals surface area contributed by atoms with Crippen molar-refractivity contribution in [1.29, 1.82) is 0 Å². The first-order valence-corrected chi connectivity index (χ1v) is 7.44. The van der Waals surface area contributed by atoms with Crippen LogP contribution in [0.25, 0.3) is 0 Å². The zero-order valence-electron chi connectivity index (χ0n) is 11.5. The van der Waals surface area contributed by atoms with Crippen molar-refractivity contribution in [1.82, 2.24) is 9.62 Å². The molecular weight excluding hydrogens is 306 g/mol. The van der Waals surface area contributed by atoms with E-state index in [0.717, 1.165) is 16.4 Å². The number of nitrogens with zero attached hydrogens (tertiary/aromatic N) is 1. The van der Waals surface area contributed by atoms with E-state index in [4.69, 9.17) is 5.84 Å². The number of amides is 1. The number of hydrogen-bond donors (Lipinski definition) is 3. The van der Waals surface area contributed by atoms with Crippen LogP contribution in [0.1, 0.15) is 10.4 Å². The highest BCUT2D eigenvalue weighted by Crippen LogP contribution is 2.19. The molecule has 21 heavy (non-hydrogen) atoms. The second-order valence-electron chi connectivity index (χ2n) is 4.31. The van der Waals surface area contributed by atoms with Crippen molar-refractivity contribution in [3.8, 4) is 0 Å². The van der Waals surface area contributed by atoms with Crippen LogP contribution in [0.4, 0.5) is 14.5 Å². The largest absolute Gasteiger partial charge is 0.351 e. The van der Waals surface area contributed by atoms with Crippen LogP contribution in [0, 0.1) is 11.6 Å². The second kappa shape index (κ2) is 6.78. The standard InChI is InChI=1S/C11H16F2N4O3S/c1-17(2)21(19,20)4-3-15-11(18)7-5-8(12)10(16-14)9(13)6-7/h5-6,16H,3-4,14H2,1-2H3,(H,15,18). The van der Waals surface area contributed by atoms with Gasteiger partial charge in [0.2, 0.25) is 10.0 Å². The summed E-state index contributed by atoms with van der Waals surface area (Å²) in [4.78, 5) is 11.7. The van der Waals surface area contributed by atoms with E-state index in [2.05, 4.69) is 5.32 Å². The lowest BCUT2D eigenvalue weighted by Gasteiger charge is -2.12. The van der Waals surface area contributed by atoms with Gasteiger partial charge in [-0.05, 0) is 12.1 Å². The van der Waals surface area contributed by atoms with Crippen LogP contribution in [-0.4, -0.2) is 45.0 Å². The fourth-order valence-corrected chi connectivity index (χ4v) is 2.15. The van der Waals surface area contributed by atoms with E-state index in [-0.39, 0.29) is 17.9 Å². The minimum Gasteiger partial charge on any atom is -0.351 e. The summed E-state index contributed by atoms with van der Waals surface area (Å²) in [5.41, 5.74) is 1.01. The van der Waals surface area contributed by atoms with Crippen LogP contribution in [0.5, 0.6) is 0 Å². The first kappa shape index (κ1) is 17.3. The van der Waals surface area contributed by atoms with Gasteiger partial charge < -0.3 is 10.7 Å².